The third-order valence-corrected chi connectivity index (χ3v) is 4.20. The zero-order chi connectivity index (χ0) is 17.8. The Morgan fingerprint density at radius 1 is 1.40 bits per heavy atom. The Kier molecular flexibility index (Phi) is 5.44. The highest BCUT2D eigenvalue weighted by Gasteiger charge is 2.24. The largest absolute Gasteiger partial charge is 0.360 e. The van der Waals surface area contributed by atoms with Crippen molar-refractivity contribution in [2.45, 2.75) is 52.2 Å². The van der Waals surface area contributed by atoms with Crippen molar-refractivity contribution in [3.8, 4) is 0 Å². The van der Waals surface area contributed by atoms with Crippen LogP contribution < -0.4 is 10.6 Å². The highest BCUT2D eigenvalue weighted by Crippen LogP contribution is 2.14. The fraction of sp³-hybridized carbons (Fsp3) is 0.625. The molecule has 1 amide bonds. The summed E-state index contributed by atoms with van der Waals surface area (Å²) in [7, 11) is 0. The highest BCUT2D eigenvalue weighted by atomic mass is 16.5. The van der Waals surface area contributed by atoms with Crippen LogP contribution in [-0.2, 0) is 11.3 Å². The molecule has 3 rings (SSSR count). The molecule has 9 heteroatoms. The number of rotatable bonds is 6. The van der Waals surface area contributed by atoms with Crippen molar-refractivity contribution in [3.63, 3.8) is 0 Å². The minimum atomic E-state index is -0.325. The molecule has 1 aliphatic rings. The number of anilines is 1. The fourth-order valence-electron chi connectivity index (χ4n) is 3.03. The number of carbonyl (C=O) groups excluding carboxylic acids is 1. The first-order valence-electron chi connectivity index (χ1n) is 8.51. The number of hydrogen-bond acceptors (Lipinski definition) is 8. The van der Waals surface area contributed by atoms with Crippen LogP contribution in [0.3, 0.4) is 0 Å². The summed E-state index contributed by atoms with van der Waals surface area (Å²) in [5, 5.41) is 13.9. The van der Waals surface area contributed by atoms with Crippen molar-refractivity contribution in [1.82, 2.24) is 25.5 Å². The van der Waals surface area contributed by atoms with Gasteiger partial charge < -0.3 is 19.7 Å². The molecule has 0 saturated carbocycles. The Balaban J connectivity index is 1.48. The molecule has 0 aliphatic carbocycles. The lowest BCUT2D eigenvalue weighted by molar-refractivity contribution is -0.118. The van der Waals surface area contributed by atoms with Crippen LogP contribution in [-0.4, -0.2) is 51.3 Å². The smallest absolute Gasteiger partial charge is 0.242 e. The van der Waals surface area contributed by atoms with Crippen molar-refractivity contribution >= 4 is 11.7 Å². The van der Waals surface area contributed by atoms with E-state index in [9.17, 15) is 4.79 Å². The van der Waals surface area contributed by atoms with E-state index in [1.165, 1.54) is 0 Å². The SMILES string of the molecule is Cc1cc(NC(=O)[C@H](C)N[C@@H]2CCCN(Cc3noc(C)n3)C2)no1. The fourth-order valence-corrected chi connectivity index (χ4v) is 3.03. The molecule has 2 N–H and O–H groups in total. The lowest BCUT2D eigenvalue weighted by Gasteiger charge is -2.33. The summed E-state index contributed by atoms with van der Waals surface area (Å²) in [5.41, 5.74) is 0. The van der Waals surface area contributed by atoms with Crippen LogP contribution in [0.4, 0.5) is 5.82 Å². The summed E-state index contributed by atoms with van der Waals surface area (Å²) in [6.45, 7) is 7.91. The second kappa shape index (κ2) is 7.75. The van der Waals surface area contributed by atoms with E-state index < -0.39 is 0 Å². The highest BCUT2D eigenvalue weighted by molar-refractivity contribution is 5.93. The molecule has 2 aromatic rings. The number of hydrogen-bond donors (Lipinski definition) is 2. The summed E-state index contributed by atoms with van der Waals surface area (Å²) in [6, 6.07) is 1.61. The minimum Gasteiger partial charge on any atom is -0.360 e. The second-order valence-corrected chi connectivity index (χ2v) is 6.50. The zero-order valence-electron chi connectivity index (χ0n) is 14.8. The number of nitrogens with one attached hydrogen (secondary N) is 2. The number of nitrogens with zero attached hydrogens (tertiary/aromatic N) is 4. The average molecular weight is 348 g/mol. The van der Waals surface area contributed by atoms with Gasteiger partial charge in [0.05, 0.1) is 12.6 Å². The van der Waals surface area contributed by atoms with Crippen molar-refractivity contribution in [2.75, 3.05) is 18.4 Å². The van der Waals surface area contributed by atoms with Crippen molar-refractivity contribution < 1.29 is 13.8 Å². The summed E-state index contributed by atoms with van der Waals surface area (Å²) in [5.74, 6) is 2.25. The van der Waals surface area contributed by atoms with E-state index in [0.29, 0.717) is 29.8 Å². The molecule has 25 heavy (non-hydrogen) atoms. The number of amides is 1. The van der Waals surface area contributed by atoms with Crippen LogP contribution >= 0.6 is 0 Å². The van der Waals surface area contributed by atoms with E-state index >= 15 is 0 Å². The van der Waals surface area contributed by atoms with Crippen LogP contribution in [0.2, 0.25) is 0 Å². The molecule has 0 bridgehead atoms. The van der Waals surface area contributed by atoms with Crippen LogP contribution in [0, 0.1) is 13.8 Å². The zero-order valence-corrected chi connectivity index (χ0v) is 14.8. The third-order valence-electron chi connectivity index (χ3n) is 4.20. The van der Waals surface area contributed by atoms with Gasteiger partial charge in [-0.1, -0.05) is 10.3 Å². The molecular formula is C16H24N6O3. The third kappa shape index (κ3) is 4.86. The molecule has 3 heterocycles. The maximum Gasteiger partial charge on any atom is 0.242 e. The number of piperidine rings is 1. The second-order valence-electron chi connectivity index (χ2n) is 6.50. The van der Waals surface area contributed by atoms with E-state index in [1.807, 2.05) is 6.92 Å². The van der Waals surface area contributed by atoms with Gasteiger partial charge in [-0.25, -0.2) is 0 Å². The van der Waals surface area contributed by atoms with Crippen LogP contribution in [0.1, 0.15) is 37.2 Å². The quantitative estimate of drug-likeness (QED) is 0.803. The van der Waals surface area contributed by atoms with E-state index in [-0.39, 0.29) is 18.0 Å². The van der Waals surface area contributed by atoms with Crippen molar-refractivity contribution in [1.29, 1.82) is 0 Å². The van der Waals surface area contributed by atoms with Gasteiger partial charge in [0.15, 0.2) is 11.6 Å². The van der Waals surface area contributed by atoms with Gasteiger partial charge in [0.25, 0.3) is 0 Å². The maximum atomic E-state index is 12.3. The van der Waals surface area contributed by atoms with E-state index in [1.54, 1.807) is 19.9 Å². The molecule has 0 spiro atoms. The normalized spacial score (nSPS) is 19.7. The van der Waals surface area contributed by atoms with Gasteiger partial charge >= 0.3 is 0 Å². The average Bonchev–Trinajstić information content (AvgIpc) is 3.16. The van der Waals surface area contributed by atoms with E-state index in [0.717, 1.165) is 25.9 Å². The van der Waals surface area contributed by atoms with Crippen LogP contribution in [0.5, 0.6) is 0 Å². The monoisotopic (exact) mass is 348 g/mol. The molecule has 1 fully saturated rings. The van der Waals surface area contributed by atoms with Gasteiger partial charge in [-0.2, -0.15) is 4.98 Å². The first-order chi connectivity index (χ1) is 12.0. The van der Waals surface area contributed by atoms with Gasteiger partial charge in [-0.05, 0) is 33.2 Å². The number of likely N-dealkylation sites (tertiary alicyclic amines) is 1. The molecule has 0 unspecified atom stereocenters. The van der Waals surface area contributed by atoms with Gasteiger partial charge in [-0.3, -0.25) is 9.69 Å². The lowest BCUT2D eigenvalue weighted by atomic mass is 10.0. The first kappa shape index (κ1) is 17.6. The predicted octanol–water partition coefficient (Wildman–Crippen LogP) is 1.26. The molecule has 136 valence electrons. The van der Waals surface area contributed by atoms with Crippen molar-refractivity contribution in [3.05, 3.63) is 23.5 Å². The van der Waals surface area contributed by atoms with Crippen LogP contribution in [0.15, 0.2) is 15.1 Å². The van der Waals surface area contributed by atoms with Gasteiger partial charge in [0.2, 0.25) is 11.8 Å². The van der Waals surface area contributed by atoms with Gasteiger partial charge in [-0.15, -0.1) is 0 Å². The van der Waals surface area contributed by atoms with Gasteiger partial charge in [0.1, 0.15) is 5.76 Å². The maximum absolute atomic E-state index is 12.3. The van der Waals surface area contributed by atoms with E-state index in [2.05, 4.69) is 30.8 Å². The first-order valence-corrected chi connectivity index (χ1v) is 8.51. The predicted molar refractivity (Wildman–Crippen MR) is 89.8 cm³/mol. The molecule has 2 atom stereocenters. The Morgan fingerprint density at radius 2 is 2.24 bits per heavy atom. The molecule has 2 aromatic heterocycles. The Bertz CT molecular complexity index is 712. The number of aromatic nitrogens is 3. The molecular weight excluding hydrogens is 324 g/mol. The Morgan fingerprint density at radius 3 is 2.92 bits per heavy atom. The lowest BCUT2D eigenvalue weighted by Crippen LogP contribution is -2.51. The number of aryl methyl sites for hydroxylation is 2. The minimum absolute atomic E-state index is 0.126. The molecule has 0 aromatic carbocycles. The summed E-state index contributed by atoms with van der Waals surface area (Å²) >= 11 is 0. The Labute approximate surface area is 146 Å². The van der Waals surface area contributed by atoms with Crippen molar-refractivity contribution in [2.24, 2.45) is 0 Å². The molecule has 0 radical (unpaired) electrons. The summed E-state index contributed by atoms with van der Waals surface area (Å²) < 4.78 is 9.97. The number of carbonyl (C=O) groups is 1. The van der Waals surface area contributed by atoms with E-state index in [4.69, 9.17) is 9.05 Å². The Hall–Kier alpha value is -2.26. The molecule has 1 aliphatic heterocycles. The molecule has 1 saturated heterocycles. The van der Waals surface area contributed by atoms with Crippen LogP contribution in [0.25, 0.3) is 0 Å². The van der Waals surface area contributed by atoms with Gasteiger partial charge in [0, 0.05) is 25.6 Å². The standard InChI is InChI=1S/C16H24N6O3/c1-10-7-14(20-24-10)19-16(23)11(2)17-13-5-4-6-22(8-13)9-15-18-12(3)25-21-15/h7,11,13,17H,4-6,8-9H2,1-3H3,(H,19,20,23)/t11-,13+/m0/s1. The topological polar surface area (TPSA) is 109 Å². The summed E-state index contributed by atoms with van der Waals surface area (Å²) in [4.78, 5) is 18.8. The molecule has 9 nitrogen and oxygen atoms in total. The summed E-state index contributed by atoms with van der Waals surface area (Å²) in [6.07, 6.45) is 2.09.